The fraction of sp³-hybridized carbons (Fsp3) is 0.500. The van der Waals surface area contributed by atoms with Gasteiger partial charge in [0.1, 0.15) is 12.7 Å². The molecular weight excluding hydrogens is 384 g/mol. The predicted octanol–water partition coefficient (Wildman–Crippen LogP) is 4.18. The van der Waals surface area contributed by atoms with Crippen LogP contribution in [-0.2, 0) is 23.8 Å². The molecule has 1 aliphatic rings. The van der Waals surface area contributed by atoms with Gasteiger partial charge < -0.3 is 19.3 Å². The minimum Gasteiger partial charge on any atom is -0.505 e. The molecule has 0 fully saturated rings. The second-order valence-corrected chi connectivity index (χ2v) is 7.87. The largest absolute Gasteiger partial charge is 0.505 e. The van der Waals surface area contributed by atoms with Crippen molar-refractivity contribution in [3.05, 3.63) is 59.9 Å². The summed E-state index contributed by atoms with van der Waals surface area (Å²) in [5, 5.41) is 10.8. The second kappa shape index (κ2) is 11.0. The SMILES string of the molecule is C=CC(C)(CCC=C(C)C)C1=CC(C=COC)(C(O)COC(=O)C(C)=CC)OC1=O. The summed E-state index contributed by atoms with van der Waals surface area (Å²) in [5.74, 6) is -1.10. The van der Waals surface area contributed by atoms with Crippen molar-refractivity contribution in [1.29, 1.82) is 0 Å². The Hall–Kier alpha value is -2.60. The van der Waals surface area contributed by atoms with Crippen LogP contribution in [0, 0.1) is 5.41 Å². The molecule has 6 heteroatoms. The second-order valence-electron chi connectivity index (χ2n) is 7.87. The lowest BCUT2D eigenvalue weighted by molar-refractivity contribution is -0.157. The normalized spacial score (nSPS) is 22.0. The van der Waals surface area contributed by atoms with Crippen LogP contribution in [0.4, 0.5) is 0 Å². The van der Waals surface area contributed by atoms with Crippen LogP contribution in [0.25, 0.3) is 0 Å². The molecule has 0 spiro atoms. The summed E-state index contributed by atoms with van der Waals surface area (Å²) in [6, 6.07) is 0. The molecule has 1 rings (SSSR count). The molecule has 0 radical (unpaired) electrons. The van der Waals surface area contributed by atoms with Gasteiger partial charge in [0.2, 0.25) is 0 Å². The summed E-state index contributed by atoms with van der Waals surface area (Å²) in [7, 11) is 1.45. The van der Waals surface area contributed by atoms with Gasteiger partial charge in [-0.2, -0.15) is 0 Å². The molecule has 1 heterocycles. The highest BCUT2D eigenvalue weighted by Gasteiger charge is 2.48. The minimum absolute atomic E-state index is 0.350. The molecule has 0 saturated carbocycles. The minimum atomic E-state index is -1.51. The Morgan fingerprint density at radius 3 is 2.60 bits per heavy atom. The van der Waals surface area contributed by atoms with E-state index in [2.05, 4.69) is 12.7 Å². The van der Waals surface area contributed by atoms with E-state index in [1.165, 1.54) is 25.0 Å². The Balaban J connectivity index is 3.22. The van der Waals surface area contributed by atoms with Gasteiger partial charge in [0, 0.05) is 22.6 Å². The first-order chi connectivity index (χ1) is 14.0. The predicted molar refractivity (Wildman–Crippen MR) is 116 cm³/mol. The van der Waals surface area contributed by atoms with Gasteiger partial charge in [-0.3, -0.25) is 0 Å². The number of carbonyl (C=O) groups excluding carboxylic acids is 2. The van der Waals surface area contributed by atoms with Gasteiger partial charge in [-0.05, 0) is 46.6 Å². The van der Waals surface area contributed by atoms with Crippen molar-refractivity contribution in [2.75, 3.05) is 13.7 Å². The van der Waals surface area contributed by atoms with Gasteiger partial charge in [-0.15, -0.1) is 6.58 Å². The number of rotatable bonds is 11. The summed E-state index contributed by atoms with van der Waals surface area (Å²) in [5.41, 5.74) is -0.149. The third-order valence-corrected chi connectivity index (χ3v) is 5.25. The molecule has 1 N–H and O–H groups in total. The molecule has 3 atom stereocenters. The first-order valence-corrected chi connectivity index (χ1v) is 9.97. The number of ether oxygens (including phenoxy) is 3. The fourth-order valence-electron chi connectivity index (χ4n) is 2.98. The highest BCUT2D eigenvalue weighted by Crippen LogP contribution is 2.42. The third-order valence-electron chi connectivity index (χ3n) is 5.25. The topological polar surface area (TPSA) is 82.1 Å². The number of aliphatic hydroxyl groups excluding tert-OH is 1. The molecule has 0 aromatic rings. The number of methoxy groups -OCH3 is 1. The fourth-order valence-corrected chi connectivity index (χ4v) is 2.98. The van der Waals surface area contributed by atoms with E-state index in [1.54, 1.807) is 32.1 Å². The highest BCUT2D eigenvalue weighted by atomic mass is 16.6. The van der Waals surface area contributed by atoms with E-state index in [0.29, 0.717) is 17.6 Å². The lowest BCUT2D eigenvalue weighted by Gasteiger charge is -2.28. The molecule has 30 heavy (non-hydrogen) atoms. The van der Waals surface area contributed by atoms with Crippen LogP contribution >= 0.6 is 0 Å². The smallest absolute Gasteiger partial charge is 0.336 e. The maximum atomic E-state index is 12.8. The Kier molecular flexibility index (Phi) is 9.30. The summed E-state index contributed by atoms with van der Waals surface area (Å²) in [4.78, 5) is 24.7. The van der Waals surface area contributed by atoms with Crippen molar-refractivity contribution in [2.45, 2.75) is 59.2 Å². The number of cyclic esters (lactones) is 1. The van der Waals surface area contributed by atoms with Crippen molar-refractivity contribution >= 4 is 11.9 Å². The number of esters is 2. The van der Waals surface area contributed by atoms with E-state index in [9.17, 15) is 14.7 Å². The van der Waals surface area contributed by atoms with Gasteiger partial charge in [-0.1, -0.05) is 30.7 Å². The van der Waals surface area contributed by atoms with Gasteiger partial charge in [0.05, 0.1) is 13.4 Å². The molecule has 6 nitrogen and oxygen atoms in total. The van der Waals surface area contributed by atoms with E-state index in [4.69, 9.17) is 14.2 Å². The lowest BCUT2D eigenvalue weighted by atomic mass is 9.77. The maximum Gasteiger partial charge on any atom is 0.336 e. The van der Waals surface area contributed by atoms with Crippen LogP contribution in [0.15, 0.2) is 59.9 Å². The van der Waals surface area contributed by atoms with Crippen LogP contribution in [0.2, 0.25) is 0 Å². The quantitative estimate of drug-likeness (QED) is 0.235. The average Bonchev–Trinajstić information content (AvgIpc) is 3.07. The zero-order chi connectivity index (χ0) is 22.9. The van der Waals surface area contributed by atoms with E-state index in [0.717, 1.165) is 6.42 Å². The Morgan fingerprint density at radius 2 is 2.07 bits per heavy atom. The molecule has 0 aromatic carbocycles. The average molecular weight is 419 g/mol. The van der Waals surface area contributed by atoms with Gasteiger partial charge in [-0.25, -0.2) is 9.59 Å². The van der Waals surface area contributed by atoms with Crippen molar-refractivity contribution in [2.24, 2.45) is 5.41 Å². The number of hydrogen-bond donors (Lipinski definition) is 1. The third kappa shape index (κ3) is 6.20. The van der Waals surface area contributed by atoms with Crippen LogP contribution in [0.3, 0.4) is 0 Å². The molecule has 0 aromatic heterocycles. The van der Waals surface area contributed by atoms with E-state index >= 15 is 0 Å². The van der Waals surface area contributed by atoms with Crippen molar-refractivity contribution in [3.63, 3.8) is 0 Å². The van der Waals surface area contributed by atoms with E-state index < -0.39 is 29.1 Å². The van der Waals surface area contributed by atoms with Crippen LogP contribution in [-0.4, -0.2) is 42.5 Å². The van der Waals surface area contributed by atoms with Gasteiger partial charge in [0.25, 0.3) is 0 Å². The summed E-state index contributed by atoms with van der Waals surface area (Å²) >= 11 is 0. The zero-order valence-corrected chi connectivity index (χ0v) is 18.9. The van der Waals surface area contributed by atoms with Crippen molar-refractivity contribution < 1.29 is 28.9 Å². The Labute approximate surface area is 179 Å². The van der Waals surface area contributed by atoms with Crippen LogP contribution < -0.4 is 0 Å². The monoisotopic (exact) mass is 418 g/mol. The van der Waals surface area contributed by atoms with Crippen molar-refractivity contribution in [1.82, 2.24) is 0 Å². The molecule has 3 unspecified atom stereocenters. The molecule has 1 aliphatic heterocycles. The molecule has 166 valence electrons. The number of aliphatic hydroxyl groups is 1. The number of hydrogen-bond acceptors (Lipinski definition) is 6. The van der Waals surface area contributed by atoms with Crippen LogP contribution in [0.5, 0.6) is 0 Å². The Bertz CT molecular complexity index is 769. The van der Waals surface area contributed by atoms with Gasteiger partial charge >= 0.3 is 11.9 Å². The zero-order valence-electron chi connectivity index (χ0n) is 18.9. The standard InChI is InChI=1S/C24H34O6/c1-8-18(5)21(26)29-16-20(25)24(13-14-28-7)15-19(22(27)30-24)23(6,9-2)12-10-11-17(3)4/h8-9,11,13-15,20,25H,2,10,12,16H2,1,3-7H3. The highest BCUT2D eigenvalue weighted by molar-refractivity contribution is 5.94. The number of carbonyl (C=O) groups is 2. The first kappa shape index (κ1) is 25.4. The summed E-state index contributed by atoms with van der Waals surface area (Å²) < 4.78 is 15.7. The lowest BCUT2D eigenvalue weighted by Crippen LogP contribution is -2.43. The van der Waals surface area contributed by atoms with E-state index in [-0.39, 0.29) is 6.61 Å². The first-order valence-electron chi connectivity index (χ1n) is 9.97. The molecule has 0 saturated heterocycles. The molecule has 0 aliphatic carbocycles. The van der Waals surface area contributed by atoms with Gasteiger partial charge in [0.15, 0.2) is 5.60 Å². The molecule has 0 bridgehead atoms. The maximum absolute atomic E-state index is 12.8. The molecular formula is C24H34O6. The van der Waals surface area contributed by atoms with Crippen LogP contribution in [0.1, 0.15) is 47.5 Å². The number of allylic oxidation sites excluding steroid dienone is 4. The van der Waals surface area contributed by atoms with Crippen molar-refractivity contribution in [3.8, 4) is 0 Å². The Morgan fingerprint density at radius 1 is 1.40 bits per heavy atom. The van der Waals surface area contributed by atoms with E-state index in [1.807, 2.05) is 20.8 Å². The summed E-state index contributed by atoms with van der Waals surface area (Å²) in [6.45, 7) is 12.8. The summed E-state index contributed by atoms with van der Waals surface area (Å²) in [6.07, 6.45) is 9.88. The molecule has 0 amide bonds.